The molecule has 0 amide bonds. The highest BCUT2D eigenvalue weighted by molar-refractivity contribution is 7.97. The Bertz CT molecular complexity index is 346. The van der Waals surface area contributed by atoms with Gasteiger partial charge in [-0.3, -0.25) is 0 Å². The van der Waals surface area contributed by atoms with Crippen molar-refractivity contribution >= 4 is 11.8 Å². The van der Waals surface area contributed by atoms with Gasteiger partial charge in [-0.2, -0.15) is 11.8 Å². The smallest absolute Gasteiger partial charge is 0.0187 e. The average molecular weight is 231 g/mol. The fourth-order valence-electron chi connectivity index (χ4n) is 1.44. The maximum atomic E-state index is 2.18. The van der Waals surface area contributed by atoms with E-state index in [1.807, 2.05) is 11.8 Å². The van der Waals surface area contributed by atoms with Crippen LogP contribution >= 0.6 is 11.8 Å². The third kappa shape index (κ3) is 4.09. The summed E-state index contributed by atoms with van der Waals surface area (Å²) in [5.74, 6) is 2.19. The van der Waals surface area contributed by atoms with Crippen molar-refractivity contribution < 1.29 is 0 Å². The zero-order valence-electron chi connectivity index (χ0n) is 9.30. The van der Waals surface area contributed by atoms with E-state index in [1.54, 1.807) is 0 Å². The monoisotopic (exact) mass is 231 g/mol. The molecule has 0 saturated carbocycles. The first kappa shape index (κ1) is 12.8. The van der Waals surface area contributed by atoms with Crippen LogP contribution in [-0.2, 0) is 11.5 Å². The van der Waals surface area contributed by atoms with Crippen molar-refractivity contribution in [1.29, 1.82) is 0 Å². The third-order valence-corrected chi connectivity index (χ3v) is 3.30. The molecule has 0 aromatic heterocycles. The molecule has 0 radical (unpaired) electrons. The Kier molecular flexibility index (Phi) is 5.68. The largest absolute Gasteiger partial charge is 0.344 e. The molecule has 0 aliphatic rings. The minimum atomic E-state index is 0. The van der Waals surface area contributed by atoms with E-state index in [4.69, 9.17) is 0 Å². The Morgan fingerprint density at radius 1 is 0.625 bits per heavy atom. The van der Waals surface area contributed by atoms with Crippen molar-refractivity contribution in [3.63, 3.8) is 0 Å². The van der Waals surface area contributed by atoms with Crippen LogP contribution in [0.4, 0.5) is 0 Å². The van der Waals surface area contributed by atoms with Gasteiger partial charge in [-0.05, 0) is 11.1 Å². The van der Waals surface area contributed by atoms with Crippen molar-refractivity contribution in [3.05, 3.63) is 71.8 Å². The van der Waals surface area contributed by atoms with E-state index in [9.17, 15) is 0 Å². The Balaban J connectivity index is 0.00000128. The first-order chi connectivity index (χ1) is 7.45. The van der Waals surface area contributed by atoms with E-state index in [1.165, 1.54) is 11.1 Å². The molecule has 3 N–H and O–H groups in total. The quantitative estimate of drug-likeness (QED) is 0.852. The summed E-state index contributed by atoms with van der Waals surface area (Å²) < 4.78 is 0. The van der Waals surface area contributed by atoms with Gasteiger partial charge in [0.05, 0.1) is 0 Å². The van der Waals surface area contributed by atoms with Gasteiger partial charge in [-0.15, -0.1) is 0 Å². The summed E-state index contributed by atoms with van der Waals surface area (Å²) in [7, 11) is 0. The van der Waals surface area contributed by atoms with Crippen LogP contribution in [0.2, 0.25) is 0 Å². The second kappa shape index (κ2) is 7.09. The minimum absolute atomic E-state index is 0. The molecular weight excluding hydrogens is 214 g/mol. The molecule has 2 heteroatoms. The van der Waals surface area contributed by atoms with Crippen LogP contribution in [-0.4, -0.2) is 0 Å². The van der Waals surface area contributed by atoms with Gasteiger partial charge in [-0.25, -0.2) is 0 Å². The lowest BCUT2D eigenvalue weighted by molar-refractivity contribution is 1.36. The summed E-state index contributed by atoms with van der Waals surface area (Å²) in [4.78, 5) is 0. The van der Waals surface area contributed by atoms with E-state index in [0.717, 1.165) is 11.5 Å². The van der Waals surface area contributed by atoms with Crippen molar-refractivity contribution in [2.24, 2.45) is 0 Å². The van der Waals surface area contributed by atoms with Gasteiger partial charge in [0.2, 0.25) is 0 Å². The second-order valence-electron chi connectivity index (χ2n) is 3.46. The highest BCUT2D eigenvalue weighted by Crippen LogP contribution is 2.17. The Morgan fingerprint density at radius 3 is 1.38 bits per heavy atom. The van der Waals surface area contributed by atoms with Gasteiger partial charge in [-0.1, -0.05) is 60.7 Å². The molecule has 1 nitrogen and oxygen atoms in total. The van der Waals surface area contributed by atoms with Gasteiger partial charge in [0, 0.05) is 11.5 Å². The summed E-state index contributed by atoms with van der Waals surface area (Å²) >= 11 is 1.96. The van der Waals surface area contributed by atoms with E-state index in [2.05, 4.69) is 60.7 Å². The maximum Gasteiger partial charge on any atom is 0.0187 e. The van der Waals surface area contributed by atoms with Crippen LogP contribution in [0, 0.1) is 0 Å². The molecule has 0 atom stereocenters. The Morgan fingerprint density at radius 2 is 1.00 bits per heavy atom. The number of benzene rings is 2. The zero-order valence-corrected chi connectivity index (χ0v) is 10.1. The Hall–Kier alpha value is -1.25. The van der Waals surface area contributed by atoms with Crippen molar-refractivity contribution in [3.8, 4) is 0 Å². The molecular formula is C14H17NS. The molecule has 0 saturated heterocycles. The summed E-state index contributed by atoms with van der Waals surface area (Å²) in [5.41, 5.74) is 2.80. The van der Waals surface area contributed by atoms with Gasteiger partial charge in [0.25, 0.3) is 0 Å². The number of hydrogen-bond donors (Lipinski definition) is 1. The fraction of sp³-hybridized carbons (Fsp3) is 0.143. The second-order valence-corrected chi connectivity index (χ2v) is 4.45. The zero-order chi connectivity index (χ0) is 10.3. The predicted molar refractivity (Wildman–Crippen MR) is 72.9 cm³/mol. The minimum Gasteiger partial charge on any atom is -0.344 e. The molecule has 0 fully saturated rings. The lowest BCUT2D eigenvalue weighted by atomic mass is 10.2. The molecule has 84 valence electrons. The van der Waals surface area contributed by atoms with Crippen LogP contribution in [0.25, 0.3) is 0 Å². The fourth-order valence-corrected chi connectivity index (χ4v) is 2.39. The molecule has 0 unspecified atom stereocenters. The lowest BCUT2D eigenvalue weighted by Gasteiger charge is -2.01. The van der Waals surface area contributed by atoms with Gasteiger partial charge < -0.3 is 6.15 Å². The molecule has 0 aliphatic heterocycles. The van der Waals surface area contributed by atoms with E-state index < -0.39 is 0 Å². The number of hydrogen-bond acceptors (Lipinski definition) is 2. The molecule has 2 rings (SSSR count). The molecule has 0 spiro atoms. The third-order valence-electron chi connectivity index (χ3n) is 2.22. The van der Waals surface area contributed by atoms with Crippen LogP contribution < -0.4 is 6.15 Å². The SMILES string of the molecule is N.c1ccc(CSCc2ccccc2)cc1. The highest BCUT2D eigenvalue weighted by atomic mass is 32.2. The number of rotatable bonds is 4. The normalized spacial score (nSPS) is 9.50. The topological polar surface area (TPSA) is 35.0 Å². The Labute approximate surface area is 101 Å². The van der Waals surface area contributed by atoms with E-state index >= 15 is 0 Å². The number of thioether (sulfide) groups is 1. The van der Waals surface area contributed by atoms with E-state index in [0.29, 0.717) is 0 Å². The summed E-state index contributed by atoms with van der Waals surface area (Å²) in [6, 6.07) is 21.2. The van der Waals surface area contributed by atoms with Crippen LogP contribution in [0.1, 0.15) is 11.1 Å². The average Bonchev–Trinajstić information content (AvgIpc) is 2.32. The van der Waals surface area contributed by atoms with Gasteiger partial charge in [0.15, 0.2) is 0 Å². The van der Waals surface area contributed by atoms with Crippen LogP contribution in [0.15, 0.2) is 60.7 Å². The standard InChI is InChI=1S/C14H14S.H3N/c1-3-7-13(8-4-1)11-15-12-14-9-5-2-6-10-14;/h1-10H,11-12H2;1H3. The van der Waals surface area contributed by atoms with Gasteiger partial charge in [0.1, 0.15) is 0 Å². The summed E-state index contributed by atoms with van der Waals surface area (Å²) in [6.07, 6.45) is 0. The van der Waals surface area contributed by atoms with Crippen molar-refractivity contribution in [1.82, 2.24) is 6.15 Å². The summed E-state index contributed by atoms with van der Waals surface area (Å²) in [6.45, 7) is 0. The van der Waals surface area contributed by atoms with Crippen LogP contribution in [0.5, 0.6) is 0 Å². The van der Waals surface area contributed by atoms with Gasteiger partial charge >= 0.3 is 0 Å². The molecule has 0 heterocycles. The molecule has 2 aromatic rings. The summed E-state index contributed by atoms with van der Waals surface area (Å²) in [5, 5.41) is 0. The molecule has 0 aliphatic carbocycles. The van der Waals surface area contributed by atoms with Crippen molar-refractivity contribution in [2.45, 2.75) is 11.5 Å². The highest BCUT2D eigenvalue weighted by Gasteiger charge is 1.93. The first-order valence-corrected chi connectivity index (χ1v) is 6.26. The van der Waals surface area contributed by atoms with Crippen molar-refractivity contribution in [2.75, 3.05) is 0 Å². The molecule has 0 bridgehead atoms. The van der Waals surface area contributed by atoms with E-state index in [-0.39, 0.29) is 6.15 Å². The molecule has 2 aromatic carbocycles. The maximum absolute atomic E-state index is 2.18. The lowest BCUT2D eigenvalue weighted by Crippen LogP contribution is -1.82. The molecule has 16 heavy (non-hydrogen) atoms. The van der Waals surface area contributed by atoms with Crippen LogP contribution in [0.3, 0.4) is 0 Å². The first-order valence-electron chi connectivity index (χ1n) is 5.11. The predicted octanol–water partition coefficient (Wildman–Crippen LogP) is 4.28.